The first-order valence-electron chi connectivity index (χ1n) is 5.55. The average Bonchev–Trinajstić information content (AvgIpc) is 1.97. The molecule has 0 saturated carbocycles. The minimum Gasteiger partial charge on any atom is -0.334 e. The average molecular weight is 237 g/mol. The van der Waals surface area contributed by atoms with Crippen LogP contribution in [0.2, 0.25) is 10.4 Å². The molecule has 0 spiro atoms. The van der Waals surface area contributed by atoms with Gasteiger partial charge in [-0.3, -0.25) is 0 Å². The zero-order chi connectivity index (χ0) is 13.0. The molecule has 4 nitrogen and oxygen atoms in total. The first kappa shape index (κ1) is 14.3. The van der Waals surface area contributed by atoms with Crippen molar-refractivity contribution in [1.82, 2.24) is 4.31 Å². The first-order valence-corrected chi connectivity index (χ1v) is 7.40. The Morgan fingerprint density at radius 2 is 1.38 bits per heavy atom. The summed E-state index contributed by atoms with van der Waals surface area (Å²) >= 11 is 0. The van der Waals surface area contributed by atoms with Gasteiger partial charge < -0.3 is 5.73 Å². The molecule has 0 aliphatic carbocycles. The largest absolute Gasteiger partial charge is 0.334 e. The van der Waals surface area contributed by atoms with Gasteiger partial charge in [0, 0.05) is 13.1 Å². The van der Waals surface area contributed by atoms with Gasteiger partial charge in [-0.25, -0.2) is 12.7 Å². The summed E-state index contributed by atoms with van der Waals surface area (Å²) in [5.74, 6) is 0. The highest BCUT2D eigenvalue weighted by Crippen LogP contribution is 2.47. The number of nitrogens with zero attached hydrogens (tertiary/aromatic N) is 1. The summed E-state index contributed by atoms with van der Waals surface area (Å²) in [5.41, 5.74) is 6.03. The van der Waals surface area contributed by atoms with Gasteiger partial charge in [0.2, 0.25) is 10.0 Å². The van der Waals surface area contributed by atoms with Crippen LogP contribution in [0, 0.1) is 0 Å². The number of hydrogen-bond acceptors (Lipinski definition) is 3. The SMILES string of the molecule is BC1(B)CN(S(C)(=O)=O)CC(B)(B)C1(B)N. The van der Waals surface area contributed by atoms with E-state index in [1.54, 1.807) is 4.31 Å². The molecule has 0 bridgehead atoms. The van der Waals surface area contributed by atoms with Gasteiger partial charge in [0.25, 0.3) is 0 Å². The fraction of sp³-hybridized carbons (Fsp3) is 1.00. The quantitative estimate of drug-likeness (QED) is 0.462. The lowest BCUT2D eigenvalue weighted by molar-refractivity contribution is 0.257. The van der Waals surface area contributed by atoms with Crippen LogP contribution in [0.4, 0.5) is 0 Å². The molecule has 0 aromatic carbocycles. The van der Waals surface area contributed by atoms with Crippen molar-refractivity contribution in [3.8, 4) is 0 Å². The van der Waals surface area contributed by atoms with Crippen molar-refractivity contribution in [2.24, 2.45) is 5.73 Å². The Balaban J connectivity index is 3.19. The van der Waals surface area contributed by atoms with Gasteiger partial charge in [-0.1, -0.05) is 10.4 Å². The summed E-state index contributed by atoms with van der Waals surface area (Å²) in [5, 5.41) is -0.477. The molecule has 16 heavy (non-hydrogen) atoms. The zero-order valence-corrected chi connectivity index (χ0v) is 12.0. The van der Waals surface area contributed by atoms with E-state index in [9.17, 15) is 8.42 Å². The van der Waals surface area contributed by atoms with Crippen molar-refractivity contribution in [1.29, 1.82) is 0 Å². The number of rotatable bonds is 1. The Bertz CT molecular complexity index is 374. The molecule has 0 radical (unpaired) electrons. The van der Waals surface area contributed by atoms with Crippen molar-refractivity contribution >= 4 is 49.3 Å². The number of nitrogens with two attached hydrogens (primary N) is 1. The molecule has 0 aromatic rings. The summed E-state index contributed by atoms with van der Waals surface area (Å²) < 4.78 is 24.9. The van der Waals surface area contributed by atoms with Crippen LogP contribution >= 0.6 is 0 Å². The molecule has 1 rings (SSSR count). The Morgan fingerprint density at radius 1 is 1.06 bits per heavy atom. The monoisotopic (exact) mass is 238 g/mol. The van der Waals surface area contributed by atoms with E-state index in [0.717, 1.165) is 0 Å². The zero-order valence-electron chi connectivity index (χ0n) is 11.2. The van der Waals surface area contributed by atoms with Gasteiger partial charge in [-0.15, -0.1) is 0 Å². The van der Waals surface area contributed by atoms with Crippen molar-refractivity contribution in [3.05, 3.63) is 0 Å². The predicted octanol–water partition coefficient (Wildman–Crippen LogP) is -5.69. The van der Waals surface area contributed by atoms with Crippen LogP contribution in [0.25, 0.3) is 0 Å². The molecule has 86 valence electrons. The van der Waals surface area contributed by atoms with Crippen LogP contribution in [0.1, 0.15) is 0 Å². The Kier molecular flexibility index (Phi) is 3.20. The van der Waals surface area contributed by atoms with Crippen molar-refractivity contribution < 1.29 is 8.42 Å². The molecule has 1 fully saturated rings. The molecule has 0 aromatic heterocycles. The molecule has 1 aliphatic rings. The number of sulfonamides is 1. The molecule has 10 heteroatoms. The minimum atomic E-state index is -3.14. The lowest BCUT2D eigenvalue weighted by Crippen LogP contribution is -2.70. The number of piperidine rings is 1. The first-order chi connectivity index (χ1) is 6.81. The van der Waals surface area contributed by atoms with Gasteiger partial charge in [0.15, 0.2) is 0 Å². The standard InChI is InChI=1S/C6H19B5N2O2S/c1-16(14,15)13-2-4(7,8)6(11,12)5(9,10)3-13/h2-3,7-12H2,1H3. The summed E-state index contributed by atoms with van der Waals surface area (Å²) in [4.78, 5) is 0. The van der Waals surface area contributed by atoms with Crippen LogP contribution in [-0.2, 0) is 10.0 Å². The molecular formula is C6H19B5N2O2S. The second-order valence-electron chi connectivity index (χ2n) is 6.50. The summed E-state index contributed by atoms with van der Waals surface area (Å²) in [6.45, 7) is 0.977. The number of hydrogen-bond donors (Lipinski definition) is 1. The van der Waals surface area contributed by atoms with Crippen LogP contribution in [0.5, 0.6) is 0 Å². The normalized spacial score (nSPS) is 28.6. The topological polar surface area (TPSA) is 63.4 Å². The van der Waals surface area contributed by atoms with E-state index in [-0.39, 0.29) is 15.9 Å². The third kappa shape index (κ3) is 2.11. The van der Waals surface area contributed by atoms with E-state index in [2.05, 4.69) is 0 Å². The van der Waals surface area contributed by atoms with Crippen LogP contribution in [-0.4, -0.2) is 76.7 Å². The van der Waals surface area contributed by atoms with E-state index in [1.807, 2.05) is 39.2 Å². The molecule has 2 N–H and O–H groups in total. The minimum absolute atomic E-state index is 0.238. The molecule has 0 atom stereocenters. The lowest BCUT2D eigenvalue weighted by atomic mass is 9.25. The molecule has 0 amide bonds. The summed E-state index contributed by atoms with van der Waals surface area (Å²) in [6.07, 6.45) is 1.26. The Hall–Kier alpha value is 0.195. The molecule has 1 saturated heterocycles. The smallest absolute Gasteiger partial charge is 0.211 e. The second kappa shape index (κ2) is 3.59. The highest BCUT2D eigenvalue weighted by molar-refractivity contribution is 7.88. The highest BCUT2D eigenvalue weighted by Gasteiger charge is 2.53. The maximum atomic E-state index is 11.7. The summed E-state index contributed by atoms with van der Waals surface area (Å²) in [7, 11) is 7.02. The van der Waals surface area contributed by atoms with Crippen LogP contribution in [0.15, 0.2) is 0 Å². The van der Waals surface area contributed by atoms with Crippen LogP contribution < -0.4 is 5.73 Å². The van der Waals surface area contributed by atoms with E-state index in [4.69, 9.17) is 5.73 Å². The van der Waals surface area contributed by atoms with Gasteiger partial charge in [0.05, 0.1) is 6.26 Å². The Labute approximate surface area is 103 Å². The Morgan fingerprint density at radius 3 is 1.62 bits per heavy atom. The molecular weight excluding hydrogens is 218 g/mol. The van der Waals surface area contributed by atoms with Crippen molar-refractivity contribution in [3.63, 3.8) is 0 Å². The summed E-state index contributed by atoms with van der Waals surface area (Å²) in [6, 6.07) is 0. The van der Waals surface area contributed by atoms with Gasteiger partial charge in [-0.2, -0.15) is 0 Å². The van der Waals surface area contributed by atoms with E-state index < -0.39 is 10.0 Å². The fourth-order valence-corrected chi connectivity index (χ4v) is 3.53. The maximum Gasteiger partial charge on any atom is 0.211 e. The second-order valence-corrected chi connectivity index (χ2v) is 8.48. The third-order valence-electron chi connectivity index (χ3n) is 4.42. The van der Waals surface area contributed by atoms with E-state index >= 15 is 0 Å². The van der Waals surface area contributed by atoms with Crippen LogP contribution in [0.3, 0.4) is 0 Å². The van der Waals surface area contributed by atoms with E-state index in [0.29, 0.717) is 13.1 Å². The predicted molar refractivity (Wildman–Crippen MR) is 81.4 cm³/mol. The van der Waals surface area contributed by atoms with Crippen molar-refractivity contribution in [2.45, 2.75) is 15.9 Å². The van der Waals surface area contributed by atoms with Crippen molar-refractivity contribution in [2.75, 3.05) is 19.3 Å². The van der Waals surface area contributed by atoms with E-state index in [1.165, 1.54) is 6.26 Å². The fourth-order valence-electron chi connectivity index (χ4n) is 2.42. The lowest BCUT2D eigenvalue weighted by Gasteiger charge is -2.59. The highest BCUT2D eigenvalue weighted by atomic mass is 32.2. The van der Waals surface area contributed by atoms with Gasteiger partial charge >= 0.3 is 0 Å². The maximum absolute atomic E-state index is 11.7. The molecule has 0 unspecified atom stereocenters. The third-order valence-corrected chi connectivity index (χ3v) is 5.62. The molecule has 1 heterocycles. The molecule has 1 aliphatic heterocycles. The van der Waals surface area contributed by atoms with Gasteiger partial charge in [-0.05, 0) is 5.44 Å². The van der Waals surface area contributed by atoms with Gasteiger partial charge in [0.1, 0.15) is 39.2 Å².